The van der Waals surface area contributed by atoms with Crippen molar-refractivity contribution < 1.29 is 0 Å². The highest BCUT2D eigenvalue weighted by molar-refractivity contribution is 14.0. The van der Waals surface area contributed by atoms with Crippen molar-refractivity contribution in [2.24, 2.45) is 4.99 Å². The van der Waals surface area contributed by atoms with Crippen LogP contribution in [0.5, 0.6) is 0 Å². The van der Waals surface area contributed by atoms with Gasteiger partial charge in [-0.25, -0.2) is 9.98 Å². The van der Waals surface area contributed by atoms with Crippen LogP contribution in [0.25, 0.3) is 0 Å². The van der Waals surface area contributed by atoms with Gasteiger partial charge in [0.1, 0.15) is 0 Å². The molecule has 0 bridgehead atoms. The molecule has 134 valence electrons. The summed E-state index contributed by atoms with van der Waals surface area (Å²) in [4.78, 5) is 12.8. The van der Waals surface area contributed by atoms with E-state index >= 15 is 0 Å². The summed E-state index contributed by atoms with van der Waals surface area (Å²) >= 11 is 1.73. The van der Waals surface area contributed by atoms with Gasteiger partial charge in [-0.15, -0.1) is 35.3 Å². The summed E-state index contributed by atoms with van der Waals surface area (Å²) < 4.78 is 0. The SMILES string of the molecule is CCNC(=NCc1sc(C)nc1C)NCCCN(CC)CC.I. The highest BCUT2D eigenvalue weighted by atomic mass is 127. The van der Waals surface area contributed by atoms with Gasteiger partial charge in [0, 0.05) is 18.0 Å². The van der Waals surface area contributed by atoms with Crippen LogP contribution in [0, 0.1) is 13.8 Å². The average molecular weight is 453 g/mol. The van der Waals surface area contributed by atoms with E-state index in [2.05, 4.69) is 53.2 Å². The molecule has 0 fully saturated rings. The quantitative estimate of drug-likeness (QED) is 0.261. The molecular weight excluding hydrogens is 421 g/mol. The Balaban J connectivity index is 0.00000484. The molecule has 0 saturated heterocycles. The van der Waals surface area contributed by atoms with Crippen molar-refractivity contribution in [1.29, 1.82) is 0 Å². The zero-order chi connectivity index (χ0) is 16.4. The molecule has 0 atom stereocenters. The second-order valence-electron chi connectivity index (χ2n) is 5.24. The van der Waals surface area contributed by atoms with E-state index < -0.39 is 0 Å². The van der Waals surface area contributed by atoms with E-state index in [4.69, 9.17) is 0 Å². The lowest BCUT2D eigenvalue weighted by molar-refractivity contribution is 0.300. The summed E-state index contributed by atoms with van der Waals surface area (Å²) in [5.41, 5.74) is 1.10. The van der Waals surface area contributed by atoms with Crippen molar-refractivity contribution in [1.82, 2.24) is 20.5 Å². The molecule has 0 spiro atoms. The summed E-state index contributed by atoms with van der Waals surface area (Å²) in [5.74, 6) is 0.896. The standard InChI is InChI=1S/C16H31N5S.HI/c1-6-17-16(18-10-9-11-21(7-2)8-3)19-12-15-13(4)20-14(5)22-15;/h6-12H2,1-5H3,(H2,17,18,19);1H. The first-order valence-corrected chi connectivity index (χ1v) is 9.09. The summed E-state index contributed by atoms with van der Waals surface area (Å²) in [6.45, 7) is 16.5. The number of hydrogen-bond donors (Lipinski definition) is 2. The first-order chi connectivity index (χ1) is 10.6. The molecule has 1 aromatic rings. The Morgan fingerprint density at radius 1 is 1.17 bits per heavy atom. The van der Waals surface area contributed by atoms with Crippen LogP contribution >= 0.6 is 35.3 Å². The Morgan fingerprint density at radius 3 is 2.39 bits per heavy atom. The maximum atomic E-state index is 4.67. The zero-order valence-corrected chi connectivity index (χ0v) is 18.3. The van der Waals surface area contributed by atoms with E-state index in [-0.39, 0.29) is 24.0 Å². The van der Waals surface area contributed by atoms with Crippen LogP contribution in [0.3, 0.4) is 0 Å². The van der Waals surface area contributed by atoms with E-state index in [1.165, 1.54) is 4.88 Å². The average Bonchev–Trinajstić information content (AvgIpc) is 2.82. The van der Waals surface area contributed by atoms with Crippen LogP contribution in [0.1, 0.15) is 42.8 Å². The summed E-state index contributed by atoms with van der Waals surface area (Å²) in [6.07, 6.45) is 1.13. The van der Waals surface area contributed by atoms with Crippen molar-refractivity contribution >= 4 is 41.3 Å². The van der Waals surface area contributed by atoms with E-state index in [1.807, 2.05) is 6.92 Å². The predicted octanol–water partition coefficient (Wildman–Crippen LogP) is 3.16. The molecule has 7 heteroatoms. The third kappa shape index (κ3) is 8.85. The second-order valence-corrected chi connectivity index (χ2v) is 6.53. The third-order valence-electron chi connectivity index (χ3n) is 3.56. The molecular formula is C16H32IN5S. The first kappa shape index (κ1) is 22.6. The fraction of sp³-hybridized carbons (Fsp3) is 0.750. The maximum absolute atomic E-state index is 4.67. The number of halogens is 1. The molecule has 23 heavy (non-hydrogen) atoms. The van der Waals surface area contributed by atoms with Gasteiger partial charge in [-0.1, -0.05) is 13.8 Å². The van der Waals surface area contributed by atoms with Crippen molar-refractivity contribution in [3.63, 3.8) is 0 Å². The lowest BCUT2D eigenvalue weighted by Gasteiger charge is -2.18. The van der Waals surface area contributed by atoms with Crippen molar-refractivity contribution in [2.75, 3.05) is 32.7 Å². The molecule has 0 aromatic carbocycles. The molecule has 5 nitrogen and oxygen atoms in total. The molecule has 0 amide bonds. The van der Waals surface area contributed by atoms with E-state index in [0.29, 0.717) is 6.54 Å². The van der Waals surface area contributed by atoms with Gasteiger partial charge >= 0.3 is 0 Å². The van der Waals surface area contributed by atoms with Crippen molar-refractivity contribution in [3.8, 4) is 0 Å². The number of thiazole rings is 1. The number of rotatable bonds is 9. The van der Waals surface area contributed by atoms with E-state index in [1.54, 1.807) is 11.3 Å². The molecule has 1 rings (SSSR count). The Bertz CT molecular complexity index is 457. The Morgan fingerprint density at radius 2 is 1.87 bits per heavy atom. The van der Waals surface area contributed by atoms with Crippen molar-refractivity contribution in [3.05, 3.63) is 15.6 Å². The third-order valence-corrected chi connectivity index (χ3v) is 4.62. The van der Waals surface area contributed by atoms with Gasteiger partial charge in [-0.2, -0.15) is 0 Å². The summed E-state index contributed by atoms with van der Waals surface area (Å²) in [6, 6.07) is 0. The number of guanidine groups is 1. The van der Waals surface area contributed by atoms with Gasteiger partial charge in [0.2, 0.25) is 0 Å². The second kappa shape index (κ2) is 12.9. The molecule has 0 unspecified atom stereocenters. The number of nitrogens with zero attached hydrogens (tertiary/aromatic N) is 3. The van der Waals surface area contributed by atoms with Crippen LogP contribution in [-0.2, 0) is 6.54 Å². The lowest BCUT2D eigenvalue weighted by Crippen LogP contribution is -2.38. The molecule has 0 aliphatic carbocycles. The van der Waals surface area contributed by atoms with Crippen LogP contribution < -0.4 is 10.6 Å². The fourth-order valence-corrected chi connectivity index (χ4v) is 3.12. The van der Waals surface area contributed by atoms with Gasteiger partial charge in [0.15, 0.2) is 5.96 Å². The lowest BCUT2D eigenvalue weighted by atomic mass is 10.3. The minimum atomic E-state index is 0. The van der Waals surface area contributed by atoms with Crippen LogP contribution in [0.2, 0.25) is 0 Å². The molecule has 0 saturated carbocycles. The molecule has 1 aromatic heterocycles. The Labute approximate surface area is 162 Å². The molecule has 0 aliphatic heterocycles. The van der Waals surface area contributed by atoms with Gasteiger partial charge in [-0.05, 0) is 46.8 Å². The number of aryl methyl sites for hydroxylation is 2. The van der Waals surface area contributed by atoms with Crippen molar-refractivity contribution in [2.45, 2.75) is 47.6 Å². The smallest absolute Gasteiger partial charge is 0.191 e. The van der Waals surface area contributed by atoms with Crippen LogP contribution in [0.4, 0.5) is 0 Å². The maximum Gasteiger partial charge on any atom is 0.191 e. The summed E-state index contributed by atoms with van der Waals surface area (Å²) in [7, 11) is 0. The minimum Gasteiger partial charge on any atom is -0.357 e. The number of aliphatic imine (C=N–C) groups is 1. The van der Waals surface area contributed by atoms with Crippen LogP contribution in [0.15, 0.2) is 4.99 Å². The van der Waals surface area contributed by atoms with Crippen LogP contribution in [-0.4, -0.2) is 48.6 Å². The van der Waals surface area contributed by atoms with Gasteiger partial charge in [-0.3, -0.25) is 0 Å². The highest BCUT2D eigenvalue weighted by Crippen LogP contribution is 2.17. The van der Waals surface area contributed by atoms with Gasteiger partial charge in [0.25, 0.3) is 0 Å². The molecule has 0 aliphatic rings. The van der Waals surface area contributed by atoms with Gasteiger partial charge in [0.05, 0.1) is 17.2 Å². The number of nitrogens with one attached hydrogen (secondary N) is 2. The van der Waals surface area contributed by atoms with Gasteiger partial charge < -0.3 is 15.5 Å². The molecule has 2 N–H and O–H groups in total. The van der Waals surface area contributed by atoms with E-state index in [0.717, 1.165) is 55.8 Å². The largest absolute Gasteiger partial charge is 0.357 e. The fourth-order valence-electron chi connectivity index (χ4n) is 2.26. The number of hydrogen-bond acceptors (Lipinski definition) is 4. The monoisotopic (exact) mass is 453 g/mol. The number of aromatic nitrogens is 1. The van der Waals surface area contributed by atoms with E-state index in [9.17, 15) is 0 Å². The topological polar surface area (TPSA) is 52.6 Å². The first-order valence-electron chi connectivity index (χ1n) is 8.28. The Hall–Kier alpha value is -0.410. The predicted molar refractivity (Wildman–Crippen MR) is 112 cm³/mol. The zero-order valence-electron chi connectivity index (χ0n) is 15.1. The molecule has 0 radical (unpaired) electrons. The highest BCUT2D eigenvalue weighted by Gasteiger charge is 2.05. The Kier molecular flexibility index (Phi) is 12.7. The summed E-state index contributed by atoms with van der Waals surface area (Å²) in [5, 5.41) is 7.83. The minimum absolute atomic E-state index is 0. The molecule has 1 heterocycles. The normalized spacial score (nSPS) is 11.5.